The molecular weight excluding hydrogens is 302 g/mol. The molecule has 1 aliphatic rings. The number of rotatable bonds is 6. The fraction of sp³-hybridized carbons (Fsp3) is 0.526. The maximum absolute atomic E-state index is 12.0. The van der Waals surface area contributed by atoms with E-state index < -0.39 is 0 Å². The molecule has 0 aromatic heterocycles. The lowest BCUT2D eigenvalue weighted by atomic mass is 9.96. The van der Waals surface area contributed by atoms with Crippen LogP contribution in [0.5, 0.6) is 0 Å². The summed E-state index contributed by atoms with van der Waals surface area (Å²) in [6.07, 6.45) is 2.99. The number of piperidine rings is 1. The summed E-state index contributed by atoms with van der Waals surface area (Å²) in [5.74, 6) is 0.415. The molecule has 24 heavy (non-hydrogen) atoms. The largest absolute Gasteiger partial charge is 0.356 e. The molecule has 0 radical (unpaired) electrons. The van der Waals surface area contributed by atoms with Crippen molar-refractivity contribution in [2.45, 2.75) is 39.0 Å². The summed E-state index contributed by atoms with van der Waals surface area (Å²) in [5.41, 5.74) is 2.44. The van der Waals surface area contributed by atoms with Crippen LogP contribution in [0.15, 0.2) is 24.3 Å². The third-order valence-electron chi connectivity index (χ3n) is 4.67. The minimum Gasteiger partial charge on any atom is -0.356 e. The quantitative estimate of drug-likeness (QED) is 0.870. The van der Waals surface area contributed by atoms with E-state index in [-0.39, 0.29) is 18.2 Å². The highest BCUT2D eigenvalue weighted by Gasteiger charge is 2.22. The molecule has 0 aliphatic carbocycles. The first-order valence-electron chi connectivity index (χ1n) is 8.56. The topological polar surface area (TPSA) is 73.2 Å². The van der Waals surface area contributed by atoms with Crippen molar-refractivity contribution in [2.75, 3.05) is 19.6 Å². The lowest BCUT2D eigenvalue weighted by molar-refractivity contribution is -0.131. The maximum Gasteiger partial charge on any atom is 0.236 e. The molecule has 1 aromatic carbocycles. The molecule has 1 N–H and O–H groups in total. The Balaban J connectivity index is 1.65. The molecule has 0 bridgehead atoms. The van der Waals surface area contributed by atoms with E-state index in [1.807, 2.05) is 18.2 Å². The first kappa shape index (κ1) is 18.0. The van der Waals surface area contributed by atoms with Crippen LogP contribution in [0.2, 0.25) is 0 Å². The second kappa shape index (κ2) is 9.07. The zero-order chi connectivity index (χ0) is 17.4. The molecule has 1 aromatic rings. The number of nitrogens with zero attached hydrogens (tertiary/aromatic N) is 2. The number of benzene rings is 1. The van der Waals surface area contributed by atoms with E-state index in [9.17, 15) is 9.59 Å². The smallest absolute Gasteiger partial charge is 0.236 e. The van der Waals surface area contributed by atoms with Crippen LogP contribution in [0.25, 0.3) is 0 Å². The standard InChI is InChI=1S/C19H25N3O2/c1-15-4-2-3-5-17(15)6-7-18(23)21-14-16-9-12-22(13-10-16)19(24)8-11-20/h2-5,16H,6-10,12-14H2,1H3,(H,21,23). The Morgan fingerprint density at radius 1 is 1.29 bits per heavy atom. The minimum absolute atomic E-state index is 0.0414. The van der Waals surface area contributed by atoms with Crippen molar-refractivity contribution in [1.29, 1.82) is 5.26 Å². The summed E-state index contributed by atoms with van der Waals surface area (Å²) < 4.78 is 0. The summed E-state index contributed by atoms with van der Waals surface area (Å²) in [7, 11) is 0. The van der Waals surface area contributed by atoms with Crippen LogP contribution in [0.4, 0.5) is 0 Å². The molecule has 1 aliphatic heterocycles. The Labute approximate surface area is 143 Å². The Bertz CT molecular complexity index is 613. The van der Waals surface area contributed by atoms with Crippen molar-refractivity contribution in [3.63, 3.8) is 0 Å². The predicted octanol–water partition coefficient (Wildman–Crippen LogP) is 2.20. The highest BCUT2D eigenvalue weighted by Crippen LogP contribution is 2.17. The van der Waals surface area contributed by atoms with Gasteiger partial charge in [-0.05, 0) is 43.2 Å². The Morgan fingerprint density at radius 3 is 2.67 bits per heavy atom. The summed E-state index contributed by atoms with van der Waals surface area (Å²) in [6.45, 7) is 4.11. The number of hydrogen-bond donors (Lipinski definition) is 1. The number of carbonyl (C=O) groups excluding carboxylic acids is 2. The van der Waals surface area contributed by atoms with Gasteiger partial charge in [0, 0.05) is 26.1 Å². The summed E-state index contributed by atoms with van der Waals surface area (Å²) in [5, 5.41) is 11.6. The van der Waals surface area contributed by atoms with Crippen molar-refractivity contribution in [3.8, 4) is 6.07 Å². The van der Waals surface area contributed by atoms with Crippen molar-refractivity contribution in [1.82, 2.24) is 10.2 Å². The van der Waals surface area contributed by atoms with E-state index >= 15 is 0 Å². The van der Waals surface area contributed by atoms with Crippen LogP contribution >= 0.6 is 0 Å². The van der Waals surface area contributed by atoms with E-state index in [0.717, 1.165) is 19.3 Å². The summed E-state index contributed by atoms with van der Waals surface area (Å²) >= 11 is 0. The number of aryl methyl sites for hydroxylation is 2. The van der Waals surface area contributed by atoms with Crippen LogP contribution in [0, 0.1) is 24.2 Å². The number of nitrogens with one attached hydrogen (secondary N) is 1. The average Bonchev–Trinajstić information content (AvgIpc) is 2.60. The SMILES string of the molecule is Cc1ccccc1CCC(=O)NCC1CCN(C(=O)CC#N)CC1. The molecule has 2 rings (SSSR count). The summed E-state index contributed by atoms with van der Waals surface area (Å²) in [4.78, 5) is 25.4. The molecule has 1 fully saturated rings. The normalized spacial score (nSPS) is 14.9. The van der Waals surface area contributed by atoms with Gasteiger partial charge in [-0.25, -0.2) is 0 Å². The average molecular weight is 327 g/mol. The molecule has 0 saturated carbocycles. The third kappa shape index (κ3) is 5.38. The van der Waals surface area contributed by atoms with Gasteiger partial charge in [-0.3, -0.25) is 9.59 Å². The van der Waals surface area contributed by atoms with Crippen molar-refractivity contribution >= 4 is 11.8 Å². The highest BCUT2D eigenvalue weighted by atomic mass is 16.2. The molecule has 2 amide bonds. The number of likely N-dealkylation sites (tertiary alicyclic amines) is 1. The maximum atomic E-state index is 12.0. The van der Waals surface area contributed by atoms with Gasteiger partial charge in [0.15, 0.2) is 0 Å². The van der Waals surface area contributed by atoms with Crippen LogP contribution < -0.4 is 5.32 Å². The first-order chi connectivity index (χ1) is 11.6. The van der Waals surface area contributed by atoms with Gasteiger partial charge in [0.1, 0.15) is 6.42 Å². The lowest BCUT2D eigenvalue weighted by Crippen LogP contribution is -2.41. The van der Waals surface area contributed by atoms with Crippen molar-refractivity contribution in [3.05, 3.63) is 35.4 Å². The van der Waals surface area contributed by atoms with E-state index in [2.05, 4.69) is 24.4 Å². The number of nitriles is 1. The Hall–Kier alpha value is -2.35. The predicted molar refractivity (Wildman–Crippen MR) is 92.0 cm³/mol. The van der Waals surface area contributed by atoms with E-state index in [4.69, 9.17) is 5.26 Å². The number of carbonyl (C=O) groups is 2. The number of hydrogen-bond acceptors (Lipinski definition) is 3. The Kier molecular flexibility index (Phi) is 6.80. The van der Waals surface area contributed by atoms with Crippen LogP contribution in [-0.4, -0.2) is 36.3 Å². The highest BCUT2D eigenvalue weighted by molar-refractivity contribution is 5.78. The van der Waals surface area contributed by atoms with E-state index in [1.54, 1.807) is 4.90 Å². The second-order valence-corrected chi connectivity index (χ2v) is 6.39. The van der Waals surface area contributed by atoms with Crippen LogP contribution in [0.3, 0.4) is 0 Å². The second-order valence-electron chi connectivity index (χ2n) is 6.39. The van der Waals surface area contributed by atoms with Gasteiger partial charge in [-0.2, -0.15) is 5.26 Å². The van der Waals surface area contributed by atoms with Gasteiger partial charge in [0.25, 0.3) is 0 Å². The van der Waals surface area contributed by atoms with Gasteiger partial charge >= 0.3 is 0 Å². The molecule has 0 atom stereocenters. The zero-order valence-electron chi connectivity index (χ0n) is 14.3. The van der Waals surface area contributed by atoms with Crippen molar-refractivity contribution < 1.29 is 9.59 Å². The van der Waals surface area contributed by atoms with Gasteiger partial charge < -0.3 is 10.2 Å². The summed E-state index contributed by atoms with van der Waals surface area (Å²) in [6, 6.07) is 10.0. The van der Waals surface area contributed by atoms with Gasteiger partial charge in [-0.15, -0.1) is 0 Å². The molecule has 1 saturated heterocycles. The van der Waals surface area contributed by atoms with E-state index in [0.29, 0.717) is 32.0 Å². The molecule has 5 heteroatoms. The minimum atomic E-state index is -0.0850. The van der Waals surface area contributed by atoms with Gasteiger partial charge in [-0.1, -0.05) is 24.3 Å². The van der Waals surface area contributed by atoms with Crippen molar-refractivity contribution in [2.24, 2.45) is 5.92 Å². The molecular formula is C19H25N3O2. The lowest BCUT2D eigenvalue weighted by Gasteiger charge is -2.31. The molecule has 0 unspecified atom stereocenters. The monoisotopic (exact) mass is 327 g/mol. The zero-order valence-corrected chi connectivity index (χ0v) is 14.3. The molecule has 1 heterocycles. The van der Waals surface area contributed by atoms with E-state index in [1.165, 1.54) is 11.1 Å². The van der Waals surface area contributed by atoms with Gasteiger partial charge in [0.2, 0.25) is 11.8 Å². The fourth-order valence-electron chi connectivity index (χ4n) is 3.05. The van der Waals surface area contributed by atoms with Crippen LogP contribution in [-0.2, 0) is 16.0 Å². The third-order valence-corrected chi connectivity index (χ3v) is 4.67. The first-order valence-corrected chi connectivity index (χ1v) is 8.56. The Morgan fingerprint density at radius 2 is 2.00 bits per heavy atom. The molecule has 128 valence electrons. The fourth-order valence-corrected chi connectivity index (χ4v) is 3.05. The van der Waals surface area contributed by atoms with Crippen LogP contribution in [0.1, 0.15) is 36.8 Å². The molecule has 0 spiro atoms. The number of amides is 2. The van der Waals surface area contributed by atoms with Gasteiger partial charge in [0.05, 0.1) is 6.07 Å². The molecule has 5 nitrogen and oxygen atoms in total.